The molecule has 2 unspecified atom stereocenters. The van der Waals surface area contributed by atoms with Gasteiger partial charge in [-0.25, -0.2) is 0 Å². The van der Waals surface area contributed by atoms with E-state index < -0.39 is 0 Å². The maximum Gasteiger partial charge on any atom is 0.112 e. The molecule has 2 aliphatic rings. The second-order valence-corrected chi connectivity index (χ2v) is 5.71. The Balaban J connectivity index is 1.82. The second-order valence-electron chi connectivity index (χ2n) is 5.71. The van der Waals surface area contributed by atoms with Gasteiger partial charge in [0.25, 0.3) is 0 Å². The quantitative estimate of drug-likeness (QED) is 0.766. The number of anilines is 1. The number of fused-ring (bicyclic) bond motifs is 3. The molecule has 0 N–H and O–H groups in total. The Hall–Kier alpha value is -2.22. The summed E-state index contributed by atoms with van der Waals surface area (Å²) in [6, 6.07) is 17.5. The summed E-state index contributed by atoms with van der Waals surface area (Å²) in [7, 11) is 2.15. The number of likely N-dealkylation sites (N-methyl/N-ethyl adjacent to an activating group) is 1. The van der Waals surface area contributed by atoms with Crippen LogP contribution >= 0.6 is 0 Å². The summed E-state index contributed by atoms with van der Waals surface area (Å²) in [6.07, 6.45) is 4.80. The summed E-state index contributed by atoms with van der Waals surface area (Å²) in [6.45, 7) is 2.31. The van der Waals surface area contributed by atoms with Crippen LogP contribution in [0.15, 0.2) is 60.9 Å². The van der Waals surface area contributed by atoms with Crippen molar-refractivity contribution in [2.24, 2.45) is 0 Å². The molecule has 2 heteroatoms. The average Bonchev–Trinajstić information content (AvgIpc) is 3.00. The standard InChI is InChI=1S/C18H18N2/c1-13-16-9-8-15(14-6-4-3-5-7-14)12-17(16)20-11-10-19(2)18(13)20/h3-13,18H,1-2H3. The molecule has 2 aliphatic heterocycles. The van der Waals surface area contributed by atoms with Crippen LogP contribution in [0, 0.1) is 0 Å². The maximum atomic E-state index is 2.40. The summed E-state index contributed by atoms with van der Waals surface area (Å²) >= 11 is 0. The average molecular weight is 262 g/mol. The van der Waals surface area contributed by atoms with E-state index in [4.69, 9.17) is 0 Å². The highest BCUT2D eigenvalue weighted by Gasteiger charge is 2.39. The van der Waals surface area contributed by atoms with E-state index in [0.717, 1.165) is 0 Å². The maximum absolute atomic E-state index is 2.40. The second kappa shape index (κ2) is 4.14. The van der Waals surface area contributed by atoms with Gasteiger partial charge in [0.15, 0.2) is 0 Å². The van der Waals surface area contributed by atoms with Crippen LogP contribution in [0.2, 0.25) is 0 Å². The van der Waals surface area contributed by atoms with Crippen molar-refractivity contribution >= 4 is 5.69 Å². The summed E-state index contributed by atoms with van der Waals surface area (Å²) in [4.78, 5) is 4.69. The van der Waals surface area contributed by atoms with Crippen molar-refractivity contribution in [3.05, 3.63) is 66.5 Å². The van der Waals surface area contributed by atoms with Crippen molar-refractivity contribution < 1.29 is 0 Å². The van der Waals surface area contributed by atoms with Gasteiger partial charge in [0.05, 0.1) is 0 Å². The molecular formula is C18H18N2. The van der Waals surface area contributed by atoms with Crippen molar-refractivity contribution in [3.8, 4) is 11.1 Å². The Morgan fingerprint density at radius 1 is 0.900 bits per heavy atom. The largest absolute Gasteiger partial charge is 0.358 e. The predicted molar refractivity (Wildman–Crippen MR) is 83.5 cm³/mol. The van der Waals surface area contributed by atoms with Crippen LogP contribution in [-0.4, -0.2) is 18.1 Å². The lowest BCUT2D eigenvalue weighted by Gasteiger charge is -2.26. The number of hydrogen-bond acceptors (Lipinski definition) is 2. The van der Waals surface area contributed by atoms with Crippen LogP contribution in [0.25, 0.3) is 11.1 Å². The molecule has 0 saturated carbocycles. The number of nitrogens with zero attached hydrogens (tertiary/aromatic N) is 2. The number of hydrogen-bond donors (Lipinski definition) is 0. The molecule has 0 bridgehead atoms. The van der Waals surface area contributed by atoms with Gasteiger partial charge in [-0.3, -0.25) is 0 Å². The fraction of sp³-hybridized carbons (Fsp3) is 0.222. The minimum Gasteiger partial charge on any atom is -0.358 e. The van der Waals surface area contributed by atoms with Crippen LogP contribution in [0.5, 0.6) is 0 Å². The zero-order valence-corrected chi connectivity index (χ0v) is 11.8. The first kappa shape index (κ1) is 11.6. The molecule has 0 aromatic heterocycles. The summed E-state index contributed by atoms with van der Waals surface area (Å²) in [5.74, 6) is 0.537. The lowest BCUT2D eigenvalue weighted by Crippen LogP contribution is -2.35. The predicted octanol–water partition coefficient (Wildman–Crippen LogP) is 4.02. The molecule has 2 aromatic carbocycles. The van der Waals surface area contributed by atoms with Crippen molar-refractivity contribution in [1.82, 2.24) is 4.90 Å². The minimum atomic E-state index is 0.441. The molecule has 0 amide bonds. The third-order valence-electron chi connectivity index (χ3n) is 4.52. The van der Waals surface area contributed by atoms with Crippen LogP contribution in [-0.2, 0) is 0 Å². The molecule has 0 radical (unpaired) electrons. The number of benzene rings is 2. The molecule has 2 nitrogen and oxygen atoms in total. The summed E-state index contributed by atoms with van der Waals surface area (Å²) in [5, 5.41) is 0. The van der Waals surface area contributed by atoms with Gasteiger partial charge in [0, 0.05) is 31.1 Å². The van der Waals surface area contributed by atoms with E-state index in [2.05, 4.69) is 84.7 Å². The van der Waals surface area contributed by atoms with Gasteiger partial charge in [-0.2, -0.15) is 0 Å². The van der Waals surface area contributed by atoms with Gasteiger partial charge in [-0.05, 0) is 22.8 Å². The van der Waals surface area contributed by atoms with Crippen molar-refractivity contribution in [2.75, 3.05) is 11.9 Å². The normalized spacial score (nSPS) is 23.1. The van der Waals surface area contributed by atoms with Gasteiger partial charge in [0.2, 0.25) is 0 Å². The molecule has 20 heavy (non-hydrogen) atoms. The SMILES string of the molecule is CC1c2ccc(-c3ccccc3)cc2N2C=CN(C)C12. The fourth-order valence-electron chi connectivity index (χ4n) is 3.49. The molecule has 2 atom stereocenters. The van der Waals surface area contributed by atoms with E-state index in [1.807, 2.05) is 0 Å². The Kier molecular flexibility index (Phi) is 2.40. The first-order valence-electron chi connectivity index (χ1n) is 7.14. The first-order chi connectivity index (χ1) is 9.75. The molecule has 2 aromatic rings. The molecule has 0 saturated heterocycles. The summed E-state index contributed by atoms with van der Waals surface area (Å²) in [5.41, 5.74) is 5.37. The Morgan fingerprint density at radius 3 is 2.50 bits per heavy atom. The Morgan fingerprint density at radius 2 is 1.70 bits per heavy atom. The van der Waals surface area contributed by atoms with Gasteiger partial charge in [-0.15, -0.1) is 0 Å². The van der Waals surface area contributed by atoms with E-state index in [9.17, 15) is 0 Å². The van der Waals surface area contributed by atoms with E-state index in [1.165, 1.54) is 22.4 Å². The lowest BCUT2D eigenvalue weighted by molar-refractivity contribution is 0.333. The van der Waals surface area contributed by atoms with E-state index in [1.54, 1.807) is 0 Å². The number of rotatable bonds is 1. The van der Waals surface area contributed by atoms with Crippen LogP contribution in [0.4, 0.5) is 5.69 Å². The van der Waals surface area contributed by atoms with Gasteiger partial charge in [0.1, 0.15) is 6.17 Å². The van der Waals surface area contributed by atoms with Crippen molar-refractivity contribution in [3.63, 3.8) is 0 Å². The fourth-order valence-corrected chi connectivity index (χ4v) is 3.49. The van der Waals surface area contributed by atoms with Crippen LogP contribution in [0.3, 0.4) is 0 Å². The van der Waals surface area contributed by atoms with Crippen LogP contribution < -0.4 is 4.90 Å². The zero-order chi connectivity index (χ0) is 13.7. The van der Waals surface area contributed by atoms with Crippen LogP contribution in [0.1, 0.15) is 18.4 Å². The smallest absolute Gasteiger partial charge is 0.112 e. The molecule has 0 fully saturated rings. The highest BCUT2D eigenvalue weighted by molar-refractivity contribution is 5.74. The molecular weight excluding hydrogens is 244 g/mol. The monoisotopic (exact) mass is 262 g/mol. The third-order valence-corrected chi connectivity index (χ3v) is 4.52. The molecule has 2 heterocycles. The molecule has 100 valence electrons. The van der Waals surface area contributed by atoms with Crippen molar-refractivity contribution in [1.29, 1.82) is 0 Å². The lowest BCUT2D eigenvalue weighted by atomic mass is 9.97. The summed E-state index contributed by atoms with van der Waals surface area (Å²) < 4.78 is 0. The van der Waals surface area contributed by atoms with Gasteiger partial charge >= 0.3 is 0 Å². The van der Waals surface area contributed by atoms with Gasteiger partial charge < -0.3 is 9.80 Å². The Bertz CT molecular complexity index is 675. The van der Waals surface area contributed by atoms with E-state index in [0.29, 0.717) is 12.1 Å². The van der Waals surface area contributed by atoms with E-state index >= 15 is 0 Å². The highest BCUT2D eigenvalue weighted by atomic mass is 15.4. The highest BCUT2D eigenvalue weighted by Crippen LogP contribution is 2.45. The van der Waals surface area contributed by atoms with Gasteiger partial charge in [-0.1, -0.05) is 49.4 Å². The molecule has 4 rings (SSSR count). The topological polar surface area (TPSA) is 6.48 Å². The third kappa shape index (κ3) is 1.51. The zero-order valence-electron chi connectivity index (χ0n) is 11.8. The molecule has 0 aliphatic carbocycles. The Labute approximate surface area is 119 Å². The van der Waals surface area contributed by atoms with E-state index in [-0.39, 0.29) is 0 Å². The minimum absolute atomic E-state index is 0.441. The molecule has 0 spiro atoms. The van der Waals surface area contributed by atoms with Crippen molar-refractivity contribution in [2.45, 2.75) is 19.0 Å². The first-order valence-corrected chi connectivity index (χ1v) is 7.14.